The Morgan fingerprint density at radius 1 is 0.955 bits per heavy atom. The van der Waals surface area contributed by atoms with Crippen LogP contribution in [0.15, 0.2) is 11.1 Å². The molecule has 0 aliphatic heterocycles. The first kappa shape index (κ1) is 14.8. The standard InChI is InChI=1S/C20H30O2/c1-12-3-6-18-16(12)9-10-19-17-8-5-15(22-13(2)21)11-14(17)4-7-20(18)19/h14-15,17-20H,3-11H2,1-2H3/t14-,15+,17-,18+,19+,20-/m0/s1. The SMILES string of the molecule is CC(=O)O[C@@H]1CC[C@H]2[C@@H](CC[C@@H]3[C@@H]2CCC2=C(C)CC[C@H]23)C1. The Morgan fingerprint density at radius 2 is 1.77 bits per heavy atom. The van der Waals surface area contributed by atoms with Crippen molar-refractivity contribution in [2.75, 3.05) is 0 Å². The minimum atomic E-state index is -0.0917. The minimum absolute atomic E-state index is 0.0917. The van der Waals surface area contributed by atoms with Gasteiger partial charge in [-0.15, -0.1) is 0 Å². The largest absolute Gasteiger partial charge is 0.463 e. The number of ether oxygens (including phenoxy) is 1. The summed E-state index contributed by atoms with van der Waals surface area (Å²) in [7, 11) is 0. The number of allylic oxidation sites excluding steroid dienone is 2. The van der Waals surface area contributed by atoms with Crippen LogP contribution in [-0.2, 0) is 9.53 Å². The molecule has 0 heterocycles. The monoisotopic (exact) mass is 302 g/mol. The van der Waals surface area contributed by atoms with Crippen LogP contribution < -0.4 is 0 Å². The van der Waals surface area contributed by atoms with E-state index in [1.807, 2.05) is 5.57 Å². The Morgan fingerprint density at radius 3 is 2.59 bits per heavy atom. The summed E-state index contributed by atoms with van der Waals surface area (Å²) in [6, 6.07) is 0. The van der Waals surface area contributed by atoms with E-state index in [1.54, 1.807) is 12.5 Å². The van der Waals surface area contributed by atoms with E-state index >= 15 is 0 Å². The van der Waals surface area contributed by atoms with Gasteiger partial charge in [-0.05, 0) is 94.3 Å². The van der Waals surface area contributed by atoms with Gasteiger partial charge in [0.1, 0.15) is 6.10 Å². The molecule has 0 amide bonds. The van der Waals surface area contributed by atoms with Gasteiger partial charge in [0.15, 0.2) is 0 Å². The molecule has 0 aromatic rings. The molecular formula is C20H30O2. The number of esters is 1. The van der Waals surface area contributed by atoms with Crippen molar-refractivity contribution < 1.29 is 9.53 Å². The van der Waals surface area contributed by atoms with E-state index in [-0.39, 0.29) is 12.1 Å². The maximum Gasteiger partial charge on any atom is 0.302 e. The summed E-state index contributed by atoms with van der Waals surface area (Å²) in [5.41, 5.74) is 3.58. The molecule has 4 aliphatic rings. The third kappa shape index (κ3) is 2.43. The summed E-state index contributed by atoms with van der Waals surface area (Å²) in [6.45, 7) is 3.94. The molecule has 3 fully saturated rings. The zero-order chi connectivity index (χ0) is 15.3. The fourth-order valence-corrected chi connectivity index (χ4v) is 6.56. The molecule has 0 saturated heterocycles. The number of carbonyl (C=O) groups excluding carboxylic acids is 1. The molecule has 0 unspecified atom stereocenters. The smallest absolute Gasteiger partial charge is 0.302 e. The molecule has 122 valence electrons. The molecule has 0 aromatic heterocycles. The molecule has 0 spiro atoms. The third-order valence-corrected chi connectivity index (χ3v) is 7.39. The van der Waals surface area contributed by atoms with Crippen molar-refractivity contribution in [2.24, 2.45) is 29.6 Å². The molecule has 4 rings (SSSR count). The summed E-state index contributed by atoms with van der Waals surface area (Å²) in [5, 5.41) is 0. The lowest BCUT2D eigenvalue weighted by molar-refractivity contribution is -0.151. The van der Waals surface area contributed by atoms with Crippen molar-refractivity contribution in [1.29, 1.82) is 0 Å². The molecule has 0 bridgehead atoms. The van der Waals surface area contributed by atoms with Crippen LogP contribution in [0.1, 0.15) is 71.6 Å². The first-order chi connectivity index (χ1) is 10.6. The van der Waals surface area contributed by atoms with Crippen LogP contribution in [0.25, 0.3) is 0 Å². The third-order valence-electron chi connectivity index (χ3n) is 7.39. The lowest BCUT2D eigenvalue weighted by Crippen LogP contribution is -2.44. The molecule has 2 nitrogen and oxygen atoms in total. The maximum absolute atomic E-state index is 11.2. The Hall–Kier alpha value is -0.790. The highest BCUT2D eigenvalue weighted by molar-refractivity contribution is 5.66. The highest BCUT2D eigenvalue weighted by atomic mass is 16.5. The van der Waals surface area contributed by atoms with Crippen molar-refractivity contribution in [1.82, 2.24) is 0 Å². The van der Waals surface area contributed by atoms with E-state index in [9.17, 15) is 4.79 Å². The summed E-state index contributed by atoms with van der Waals surface area (Å²) in [6.07, 6.45) is 12.2. The highest BCUT2D eigenvalue weighted by Crippen LogP contribution is 2.57. The zero-order valence-electron chi connectivity index (χ0n) is 14.1. The first-order valence-corrected chi connectivity index (χ1v) is 9.49. The van der Waals surface area contributed by atoms with Gasteiger partial charge in [-0.2, -0.15) is 0 Å². The molecule has 0 N–H and O–H groups in total. The topological polar surface area (TPSA) is 26.3 Å². The van der Waals surface area contributed by atoms with Gasteiger partial charge in [-0.3, -0.25) is 4.79 Å². The van der Waals surface area contributed by atoms with Crippen LogP contribution >= 0.6 is 0 Å². The van der Waals surface area contributed by atoms with Gasteiger partial charge in [0.05, 0.1) is 0 Å². The van der Waals surface area contributed by atoms with E-state index in [0.717, 1.165) is 42.4 Å². The van der Waals surface area contributed by atoms with Crippen molar-refractivity contribution in [3.63, 3.8) is 0 Å². The van der Waals surface area contributed by atoms with E-state index in [4.69, 9.17) is 4.74 Å². The van der Waals surface area contributed by atoms with Crippen LogP contribution in [0.5, 0.6) is 0 Å². The second kappa shape index (κ2) is 5.69. The van der Waals surface area contributed by atoms with Crippen molar-refractivity contribution >= 4 is 5.97 Å². The van der Waals surface area contributed by atoms with Crippen LogP contribution in [0, 0.1) is 29.6 Å². The number of fused-ring (bicyclic) bond motifs is 5. The van der Waals surface area contributed by atoms with Gasteiger partial charge in [0.25, 0.3) is 0 Å². The van der Waals surface area contributed by atoms with Gasteiger partial charge in [-0.25, -0.2) is 0 Å². The van der Waals surface area contributed by atoms with Gasteiger partial charge < -0.3 is 4.74 Å². The number of rotatable bonds is 1. The second-order valence-corrected chi connectivity index (χ2v) is 8.36. The fraction of sp³-hybridized carbons (Fsp3) is 0.850. The van der Waals surface area contributed by atoms with Crippen molar-refractivity contribution in [2.45, 2.75) is 77.7 Å². The Kier molecular flexibility index (Phi) is 3.82. The Balaban J connectivity index is 1.47. The van der Waals surface area contributed by atoms with Gasteiger partial charge in [0.2, 0.25) is 0 Å². The molecule has 0 radical (unpaired) electrons. The van der Waals surface area contributed by atoms with Crippen molar-refractivity contribution in [3.05, 3.63) is 11.1 Å². The average molecular weight is 302 g/mol. The molecule has 22 heavy (non-hydrogen) atoms. The summed E-state index contributed by atoms with van der Waals surface area (Å²) < 4.78 is 5.51. The van der Waals surface area contributed by atoms with Crippen LogP contribution in [0.4, 0.5) is 0 Å². The molecule has 4 aliphatic carbocycles. The predicted octanol–water partition coefficient (Wildman–Crippen LogP) is 4.88. The number of hydrogen-bond acceptors (Lipinski definition) is 2. The van der Waals surface area contributed by atoms with Gasteiger partial charge in [-0.1, -0.05) is 11.1 Å². The predicted molar refractivity (Wildman–Crippen MR) is 87.3 cm³/mol. The summed E-state index contributed by atoms with van der Waals surface area (Å²) in [4.78, 5) is 11.2. The van der Waals surface area contributed by atoms with Gasteiger partial charge >= 0.3 is 5.97 Å². The van der Waals surface area contributed by atoms with E-state index in [1.165, 1.54) is 44.9 Å². The molecular weight excluding hydrogens is 272 g/mol. The van der Waals surface area contributed by atoms with Crippen LogP contribution in [0.3, 0.4) is 0 Å². The molecule has 3 saturated carbocycles. The second-order valence-electron chi connectivity index (χ2n) is 8.36. The molecule has 6 atom stereocenters. The number of carbonyl (C=O) groups is 1. The van der Waals surface area contributed by atoms with Crippen LogP contribution in [-0.4, -0.2) is 12.1 Å². The van der Waals surface area contributed by atoms with Crippen LogP contribution in [0.2, 0.25) is 0 Å². The number of hydrogen-bond donors (Lipinski definition) is 0. The molecule has 0 aromatic carbocycles. The lowest BCUT2D eigenvalue weighted by atomic mass is 9.54. The zero-order valence-corrected chi connectivity index (χ0v) is 14.1. The molecule has 2 heteroatoms. The Bertz CT molecular complexity index is 492. The fourth-order valence-electron chi connectivity index (χ4n) is 6.56. The lowest BCUT2D eigenvalue weighted by Gasteiger charge is -2.51. The van der Waals surface area contributed by atoms with Gasteiger partial charge in [0, 0.05) is 6.92 Å². The van der Waals surface area contributed by atoms with E-state index in [0.29, 0.717) is 0 Å². The highest BCUT2D eigenvalue weighted by Gasteiger charge is 2.48. The average Bonchev–Trinajstić information content (AvgIpc) is 2.88. The summed E-state index contributed by atoms with van der Waals surface area (Å²) >= 11 is 0. The first-order valence-electron chi connectivity index (χ1n) is 9.49. The van der Waals surface area contributed by atoms with E-state index < -0.39 is 0 Å². The Labute approximate surface area is 134 Å². The van der Waals surface area contributed by atoms with E-state index in [2.05, 4.69) is 6.92 Å². The maximum atomic E-state index is 11.2. The quantitative estimate of drug-likeness (QED) is 0.509. The minimum Gasteiger partial charge on any atom is -0.463 e. The summed E-state index contributed by atoms with van der Waals surface area (Å²) in [5.74, 6) is 4.54. The normalized spacial score (nSPS) is 44.1. The van der Waals surface area contributed by atoms with Crippen molar-refractivity contribution in [3.8, 4) is 0 Å².